The fraction of sp³-hybridized carbons (Fsp3) is 0.529. The predicted octanol–water partition coefficient (Wildman–Crippen LogP) is 2.87. The lowest BCUT2D eigenvalue weighted by molar-refractivity contribution is -0.160. The van der Waals surface area contributed by atoms with Crippen molar-refractivity contribution in [3.8, 4) is 0 Å². The van der Waals surface area contributed by atoms with Crippen LogP contribution in [0.4, 0.5) is 0 Å². The average Bonchev–Trinajstić information content (AvgIpc) is 2.90. The Morgan fingerprint density at radius 1 is 1.17 bits per heavy atom. The number of esters is 2. The van der Waals surface area contributed by atoms with E-state index in [-0.39, 0.29) is 18.0 Å². The van der Waals surface area contributed by atoms with Crippen molar-refractivity contribution in [3.63, 3.8) is 0 Å². The quantitative estimate of drug-likeness (QED) is 0.858. The van der Waals surface area contributed by atoms with Crippen molar-refractivity contribution in [3.05, 3.63) is 34.9 Å². The van der Waals surface area contributed by atoms with Crippen molar-refractivity contribution < 1.29 is 19.1 Å². The minimum absolute atomic E-state index is 0.314. The van der Waals surface area contributed by atoms with E-state index < -0.39 is 17.6 Å². The van der Waals surface area contributed by atoms with Crippen LogP contribution >= 0.6 is 11.6 Å². The fourth-order valence-electron chi connectivity index (χ4n) is 2.71. The Labute approximate surface area is 141 Å². The summed E-state index contributed by atoms with van der Waals surface area (Å²) in [5.74, 6) is -1.16. The number of hydrogen-bond acceptors (Lipinski definition) is 5. The summed E-state index contributed by atoms with van der Waals surface area (Å²) in [5.41, 5.74) is 0.307. The Balaban J connectivity index is 2.25. The van der Waals surface area contributed by atoms with Crippen LogP contribution in [-0.4, -0.2) is 30.7 Å². The maximum Gasteiger partial charge on any atom is 0.322 e. The van der Waals surface area contributed by atoms with Gasteiger partial charge in [-0.05, 0) is 44.9 Å². The van der Waals surface area contributed by atoms with Gasteiger partial charge in [-0.2, -0.15) is 0 Å². The van der Waals surface area contributed by atoms with Gasteiger partial charge in [-0.1, -0.05) is 23.7 Å². The molecule has 23 heavy (non-hydrogen) atoms. The number of carbonyl (C=O) groups excluding carboxylic acids is 2. The lowest BCUT2D eigenvalue weighted by atomic mass is 9.93. The smallest absolute Gasteiger partial charge is 0.322 e. The molecule has 0 unspecified atom stereocenters. The van der Waals surface area contributed by atoms with Gasteiger partial charge >= 0.3 is 11.9 Å². The van der Waals surface area contributed by atoms with E-state index in [1.54, 1.807) is 12.1 Å². The molecule has 1 aliphatic rings. The molecule has 0 radical (unpaired) electrons. The highest BCUT2D eigenvalue weighted by Gasteiger charge is 2.44. The molecule has 1 saturated heterocycles. The first-order chi connectivity index (χ1) is 10.7. The number of rotatable bonds is 3. The molecule has 1 aromatic rings. The third-order valence-corrected chi connectivity index (χ3v) is 3.95. The van der Waals surface area contributed by atoms with Gasteiger partial charge in [-0.25, -0.2) is 0 Å². The zero-order valence-electron chi connectivity index (χ0n) is 13.8. The molecule has 1 heterocycles. The minimum Gasteiger partial charge on any atom is -0.468 e. The topological polar surface area (TPSA) is 64.6 Å². The van der Waals surface area contributed by atoms with E-state index >= 15 is 0 Å². The molecular formula is C17H22ClNO4. The molecule has 0 amide bonds. The molecule has 6 heteroatoms. The number of nitrogens with one attached hydrogen (secondary N) is 1. The number of halogens is 1. The van der Waals surface area contributed by atoms with Gasteiger partial charge in [0.15, 0.2) is 0 Å². The third-order valence-electron chi connectivity index (χ3n) is 3.70. The first-order valence-electron chi connectivity index (χ1n) is 7.53. The van der Waals surface area contributed by atoms with Gasteiger partial charge in [-0.3, -0.25) is 14.9 Å². The van der Waals surface area contributed by atoms with Crippen LogP contribution in [0.2, 0.25) is 5.02 Å². The van der Waals surface area contributed by atoms with Gasteiger partial charge in [-0.15, -0.1) is 0 Å². The molecule has 0 spiro atoms. The Hall–Kier alpha value is -1.59. The number of methoxy groups -OCH3 is 1. The van der Waals surface area contributed by atoms with Crippen molar-refractivity contribution in [1.29, 1.82) is 0 Å². The lowest BCUT2D eigenvalue weighted by Crippen LogP contribution is -2.33. The summed E-state index contributed by atoms with van der Waals surface area (Å²) in [7, 11) is 1.34. The summed E-state index contributed by atoms with van der Waals surface area (Å²) >= 11 is 5.92. The van der Waals surface area contributed by atoms with Gasteiger partial charge < -0.3 is 9.47 Å². The van der Waals surface area contributed by atoms with Crippen molar-refractivity contribution >= 4 is 23.5 Å². The van der Waals surface area contributed by atoms with E-state index in [1.807, 2.05) is 32.9 Å². The third kappa shape index (κ3) is 4.45. The standard InChI is InChI=1S/C17H22ClNO4/c1-17(2,3)23-15(20)12-9-13(16(21)22-4)19-14(12)10-5-7-11(18)8-6-10/h5-8,12-14,19H,9H2,1-4H3/t12-,13-,14-/m1/s1. The van der Waals surface area contributed by atoms with Crippen LogP contribution in [0.1, 0.15) is 38.8 Å². The minimum atomic E-state index is -0.578. The summed E-state index contributed by atoms with van der Waals surface area (Å²) in [6, 6.07) is 6.37. The predicted molar refractivity (Wildman–Crippen MR) is 87.1 cm³/mol. The summed E-state index contributed by atoms with van der Waals surface area (Å²) in [6.45, 7) is 5.47. The fourth-order valence-corrected chi connectivity index (χ4v) is 2.83. The van der Waals surface area contributed by atoms with Crippen LogP contribution in [0.15, 0.2) is 24.3 Å². The summed E-state index contributed by atoms with van der Waals surface area (Å²) in [6.07, 6.45) is 0.342. The molecule has 0 aliphatic carbocycles. The Morgan fingerprint density at radius 2 is 1.78 bits per heavy atom. The zero-order chi connectivity index (χ0) is 17.2. The molecule has 0 bridgehead atoms. The molecule has 0 saturated carbocycles. The molecule has 1 aromatic carbocycles. The van der Waals surface area contributed by atoms with Gasteiger partial charge in [0.2, 0.25) is 0 Å². The van der Waals surface area contributed by atoms with E-state index in [4.69, 9.17) is 21.1 Å². The molecule has 3 atom stereocenters. The van der Waals surface area contributed by atoms with Crippen LogP contribution in [0.25, 0.3) is 0 Å². The van der Waals surface area contributed by atoms with Gasteiger partial charge in [0.25, 0.3) is 0 Å². The molecule has 5 nitrogen and oxygen atoms in total. The van der Waals surface area contributed by atoms with E-state index in [2.05, 4.69) is 5.32 Å². The zero-order valence-corrected chi connectivity index (χ0v) is 14.5. The molecule has 2 rings (SSSR count). The number of carbonyl (C=O) groups is 2. The van der Waals surface area contributed by atoms with E-state index in [0.29, 0.717) is 11.4 Å². The van der Waals surface area contributed by atoms with Crippen molar-refractivity contribution in [2.45, 2.75) is 44.9 Å². The number of benzene rings is 1. The second kappa shape index (κ2) is 6.89. The van der Waals surface area contributed by atoms with E-state index in [1.165, 1.54) is 7.11 Å². The Bertz CT molecular complexity index is 579. The SMILES string of the molecule is COC(=O)[C@H]1C[C@@H](C(=O)OC(C)(C)C)[C@@H](c2ccc(Cl)cc2)N1. The van der Waals surface area contributed by atoms with Crippen LogP contribution in [-0.2, 0) is 19.1 Å². The average molecular weight is 340 g/mol. The summed E-state index contributed by atoms with van der Waals surface area (Å²) in [4.78, 5) is 24.4. The van der Waals surface area contributed by atoms with Crippen molar-refractivity contribution in [2.75, 3.05) is 7.11 Å². The molecule has 1 fully saturated rings. The molecular weight excluding hydrogens is 318 g/mol. The van der Waals surface area contributed by atoms with E-state index in [0.717, 1.165) is 5.56 Å². The van der Waals surface area contributed by atoms with Gasteiger partial charge in [0, 0.05) is 11.1 Å². The summed E-state index contributed by atoms with van der Waals surface area (Å²) in [5, 5.41) is 3.79. The van der Waals surface area contributed by atoms with Crippen LogP contribution in [0.5, 0.6) is 0 Å². The largest absolute Gasteiger partial charge is 0.468 e. The Kier molecular flexibility index (Phi) is 5.32. The molecule has 126 valence electrons. The monoisotopic (exact) mass is 339 g/mol. The second-order valence-corrected chi connectivity index (χ2v) is 7.08. The highest BCUT2D eigenvalue weighted by molar-refractivity contribution is 6.30. The highest BCUT2D eigenvalue weighted by Crippen LogP contribution is 2.35. The van der Waals surface area contributed by atoms with Crippen molar-refractivity contribution in [2.24, 2.45) is 5.92 Å². The molecule has 0 aromatic heterocycles. The second-order valence-electron chi connectivity index (χ2n) is 6.65. The van der Waals surface area contributed by atoms with E-state index in [9.17, 15) is 9.59 Å². The Morgan fingerprint density at radius 3 is 2.30 bits per heavy atom. The molecule has 1 aliphatic heterocycles. The van der Waals surface area contributed by atoms with Gasteiger partial charge in [0.05, 0.1) is 13.0 Å². The normalized spacial score (nSPS) is 24.3. The van der Waals surface area contributed by atoms with Crippen LogP contribution < -0.4 is 5.32 Å². The first kappa shape index (κ1) is 17.8. The summed E-state index contributed by atoms with van der Waals surface area (Å²) < 4.78 is 10.3. The lowest BCUT2D eigenvalue weighted by Gasteiger charge is -2.25. The van der Waals surface area contributed by atoms with Crippen LogP contribution in [0.3, 0.4) is 0 Å². The number of hydrogen-bond donors (Lipinski definition) is 1. The highest BCUT2D eigenvalue weighted by atomic mass is 35.5. The maximum atomic E-state index is 12.5. The first-order valence-corrected chi connectivity index (χ1v) is 7.91. The molecule has 1 N–H and O–H groups in total. The van der Waals surface area contributed by atoms with Gasteiger partial charge in [0.1, 0.15) is 11.6 Å². The maximum absolute atomic E-state index is 12.5. The van der Waals surface area contributed by atoms with Crippen LogP contribution in [0, 0.1) is 5.92 Å². The number of ether oxygens (including phenoxy) is 2. The van der Waals surface area contributed by atoms with Crippen molar-refractivity contribution in [1.82, 2.24) is 5.32 Å².